The van der Waals surface area contributed by atoms with Crippen molar-refractivity contribution in [2.75, 3.05) is 0 Å². The summed E-state index contributed by atoms with van der Waals surface area (Å²) in [7, 11) is 0. The Labute approximate surface area is 204 Å². The zero-order valence-electron chi connectivity index (χ0n) is 21.1. The van der Waals surface area contributed by atoms with Crippen LogP contribution in [0.3, 0.4) is 0 Å². The second-order valence-electron chi connectivity index (χ2n) is 13.8. The van der Waals surface area contributed by atoms with Gasteiger partial charge in [-0.05, 0) is 130 Å². The predicted octanol–water partition coefficient (Wildman–Crippen LogP) is 5.56. The van der Waals surface area contributed by atoms with Gasteiger partial charge in [-0.15, -0.1) is 0 Å². The summed E-state index contributed by atoms with van der Waals surface area (Å²) in [6.07, 6.45) is 11.7. The van der Waals surface area contributed by atoms with Crippen LogP contribution in [0.15, 0.2) is 0 Å². The monoisotopic (exact) mass is 470 g/mol. The molecule has 0 N–H and O–H groups in total. The fourth-order valence-electron chi connectivity index (χ4n) is 10.9. The molecule has 8 aliphatic carbocycles. The minimum atomic E-state index is -0.250. The molecule has 8 aliphatic rings. The van der Waals surface area contributed by atoms with Crippen LogP contribution < -0.4 is 0 Å². The van der Waals surface area contributed by atoms with Gasteiger partial charge in [-0.3, -0.25) is 9.68 Å². The molecule has 8 saturated carbocycles. The van der Waals surface area contributed by atoms with Gasteiger partial charge in [-0.25, -0.2) is 4.79 Å². The molecule has 8 rings (SSSR count). The Balaban J connectivity index is 1.03. The third-order valence-corrected chi connectivity index (χ3v) is 12.4. The molecule has 8 fully saturated rings. The normalized spacial score (nSPS) is 54.3. The summed E-state index contributed by atoms with van der Waals surface area (Å²) in [6.45, 7) is 6.16. The van der Waals surface area contributed by atoms with Crippen molar-refractivity contribution >= 4 is 11.9 Å². The number of carbonyl (C=O) groups excluding carboxylic acids is 2. The number of fused-ring (bicyclic) bond motifs is 9. The van der Waals surface area contributed by atoms with Crippen LogP contribution in [0.5, 0.6) is 0 Å². The molecular formula is C29H42O5. The van der Waals surface area contributed by atoms with Gasteiger partial charge in [-0.1, -0.05) is 13.8 Å². The average molecular weight is 471 g/mol. The van der Waals surface area contributed by atoms with Crippen LogP contribution in [0.1, 0.15) is 85.0 Å². The lowest BCUT2D eigenvalue weighted by atomic mass is 9.50. The lowest BCUT2D eigenvalue weighted by molar-refractivity contribution is -0.313. The van der Waals surface area contributed by atoms with Crippen LogP contribution in [0, 0.1) is 71.0 Å². The molecular weight excluding hydrogens is 428 g/mol. The van der Waals surface area contributed by atoms with E-state index >= 15 is 0 Å². The Kier molecular flexibility index (Phi) is 5.01. The van der Waals surface area contributed by atoms with Crippen molar-refractivity contribution in [2.45, 2.75) is 96.7 Å². The number of hydrogen-bond donors (Lipinski definition) is 0. The van der Waals surface area contributed by atoms with E-state index in [4.69, 9.17) is 14.5 Å². The lowest BCUT2D eigenvalue weighted by Crippen LogP contribution is -2.58. The minimum Gasteiger partial charge on any atom is -0.459 e. The first-order valence-electron chi connectivity index (χ1n) is 14.5. The highest BCUT2D eigenvalue weighted by molar-refractivity contribution is 5.74. The van der Waals surface area contributed by atoms with Crippen LogP contribution >= 0.6 is 0 Å². The first-order chi connectivity index (χ1) is 16.4. The number of ether oxygens (including phenoxy) is 1. The van der Waals surface area contributed by atoms with Gasteiger partial charge in [-0.2, -0.15) is 4.89 Å². The van der Waals surface area contributed by atoms with Crippen LogP contribution in [0.25, 0.3) is 0 Å². The van der Waals surface area contributed by atoms with Crippen molar-refractivity contribution in [1.29, 1.82) is 0 Å². The van der Waals surface area contributed by atoms with E-state index in [1.54, 1.807) is 0 Å². The molecule has 8 bridgehead atoms. The molecule has 0 aromatic heterocycles. The second kappa shape index (κ2) is 7.70. The molecule has 0 spiro atoms. The van der Waals surface area contributed by atoms with Crippen molar-refractivity contribution in [3.05, 3.63) is 0 Å². The topological polar surface area (TPSA) is 61.8 Å². The van der Waals surface area contributed by atoms with E-state index in [0.29, 0.717) is 41.4 Å². The second-order valence-corrected chi connectivity index (χ2v) is 13.8. The van der Waals surface area contributed by atoms with Crippen LogP contribution in [0.4, 0.5) is 0 Å². The number of rotatable bonds is 6. The standard InChI is InChI=1S/C29H42O5/c1-4-14(2)27(30)34-33-24-13-18-12-23(24)26-21-10-17(25(18)26)11-22(21)28(31)32-29(3)19-6-15-5-16(8-19)9-20(29)7-15/h14-26H,4-13H2,1-3H3. The molecule has 0 aromatic rings. The maximum atomic E-state index is 13.7. The Morgan fingerprint density at radius 1 is 0.853 bits per heavy atom. The quantitative estimate of drug-likeness (QED) is 0.220. The van der Waals surface area contributed by atoms with Gasteiger partial charge in [0.05, 0.1) is 11.8 Å². The van der Waals surface area contributed by atoms with E-state index in [1.165, 1.54) is 44.9 Å². The van der Waals surface area contributed by atoms with E-state index < -0.39 is 0 Å². The summed E-state index contributed by atoms with van der Waals surface area (Å²) in [5, 5.41) is 0. The Bertz CT molecular complexity index is 839. The minimum absolute atomic E-state index is 0.0113. The first kappa shape index (κ1) is 22.1. The van der Waals surface area contributed by atoms with Crippen LogP contribution in [0.2, 0.25) is 0 Å². The molecule has 9 atom stereocenters. The molecule has 188 valence electrons. The van der Waals surface area contributed by atoms with Crippen molar-refractivity contribution in [2.24, 2.45) is 71.0 Å². The van der Waals surface area contributed by atoms with Crippen LogP contribution in [-0.4, -0.2) is 23.6 Å². The highest BCUT2D eigenvalue weighted by Crippen LogP contribution is 2.69. The van der Waals surface area contributed by atoms with Gasteiger partial charge in [0.25, 0.3) is 0 Å². The Morgan fingerprint density at radius 2 is 1.50 bits per heavy atom. The first-order valence-corrected chi connectivity index (χ1v) is 14.5. The summed E-state index contributed by atoms with van der Waals surface area (Å²) in [5.74, 6) is 6.28. The number of esters is 1. The van der Waals surface area contributed by atoms with E-state index in [-0.39, 0.29) is 35.5 Å². The molecule has 0 saturated heterocycles. The van der Waals surface area contributed by atoms with Crippen molar-refractivity contribution in [1.82, 2.24) is 0 Å². The van der Waals surface area contributed by atoms with E-state index in [9.17, 15) is 9.59 Å². The zero-order chi connectivity index (χ0) is 23.4. The third kappa shape index (κ3) is 3.07. The van der Waals surface area contributed by atoms with E-state index in [1.807, 2.05) is 13.8 Å². The highest BCUT2D eigenvalue weighted by Gasteiger charge is 2.67. The predicted molar refractivity (Wildman–Crippen MR) is 125 cm³/mol. The summed E-state index contributed by atoms with van der Waals surface area (Å²) in [6, 6.07) is 0. The molecule has 0 radical (unpaired) electrons. The average Bonchev–Trinajstić information content (AvgIpc) is 3.59. The Morgan fingerprint density at radius 3 is 2.18 bits per heavy atom. The maximum Gasteiger partial charge on any atom is 0.345 e. The fraction of sp³-hybridized carbons (Fsp3) is 0.931. The van der Waals surface area contributed by atoms with Crippen molar-refractivity contribution < 1.29 is 24.1 Å². The van der Waals surface area contributed by atoms with E-state index in [0.717, 1.165) is 37.0 Å². The molecule has 9 unspecified atom stereocenters. The van der Waals surface area contributed by atoms with Gasteiger partial charge < -0.3 is 4.74 Å². The van der Waals surface area contributed by atoms with Crippen molar-refractivity contribution in [3.8, 4) is 0 Å². The fourth-order valence-corrected chi connectivity index (χ4v) is 10.9. The summed E-state index contributed by atoms with van der Waals surface area (Å²) >= 11 is 0. The zero-order valence-corrected chi connectivity index (χ0v) is 21.1. The molecule has 5 nitrogen and oxygen atoms in total. The summed E-state index contributed by atoms with van der Waals surface area (Å²) in [4.78, 5) is 36.9. The molecule has 0 aliphatic heterocycles. The Hall–Kier alpha value is -1.10. The third-order valence-electron chi connectivity index (χ3n) is 12.4. The van der Waals surface area contributed by atoms with Gasteiger partial charge in [0, 0.05) is 0 Å². The molecule has 0 amide bonds. The number of hydrogen-bond acceptors (Lipinski definition) is 5. The molecule has 5 heteroatoms. The van der Waals surface area contributed by atoms with Gasteiger partial charge in [0.1, 0.15) is 11.7 Å². The summed E-state index contributed by atoms with van der Waals surface area (Å²) < 4.78 is 6.58. The van der Waals surface area contributed by atoms with Gasteiger partial charge in [0.2, 0.25) is 0 Å². The van der Waals surface area contributed by atoms with Crippen molar-refractivity contribution in [3.63, 3.8) is 0 Å². The van der Waals surface area contributed by atoms with Gasteiger partial charge in [0.15, 0.2) is 0 Å². The number of carbonyl (C=O) groups is 2. The summed E-state index contributed by atoms with van der Waals surface area (Å²) in [5.41, 5.74) is -0.226. The highest BCUT2D eigenvalue weighted by atomic mass is 17.2. The maximum absolute atomic E-state index is 13.7. The molecule has 0 aromatic carbocycles. The van der Waals surface area contributed by atoms with Crippen LogP contribution in [-0.2, 0) is 24.1 Å². The van der Waals surface area contributed by atoms with E-state index in [2.05, 4.69) is 6.92 Å². The molecule has 34 heavy (non-hydrogen) atoms. The largest absolute Gasteiger partial charge is 0.459 e. The van der Waals surface area contributed by atoms with Gasteiger partial charge >= 0.3 is 11.9 Å². The molecule has 0 heterocycles. The SMILES string of the molecule is CCC(C)C(=O)OOC1CC2CC1C1C3CC(CC3C(=O)OC3(C)C4CC5CC(C4)CC3C5)C21. The lowest BCUT2D eigenvalue weighted by Gasteiger charge is -2.59. The smallest absolute Gasteiger partial charge is 0.345 e.